The van der Waals surface area contributed by atoms with E-state index in [-0.39, 0.29) is 0 Å². The van der Waals surface area contributed by atoms with Crippen LogP contribution in [0.15, 0.2) is 48.8 Å². The van der Waals surface area contributed by atoms with Crippen molar-refractivity contribution in [3.05, 3.63) is 136 Å². The highest BCUT2D eigenvalue weighted by atomic mass is 19.2. The number of benzene rings is 3. The summed E-state index contributed by atoms with van der Waals surface area (Å²) in [6.07, 6.45) is 1.52. The first-order valence-corrected chi connectivity index (χ1v) is 13.5. The van der Waals surface area contributed by atoms with Crippen molar-refractivity contribution >= 4 is 0 Å². The van der Waals surface area contributed by atoms with E-state index in [1.165, 1.54) is 0 Å². The molecule has 0 bridgehead atoms. The Hall–Kier alpha value is -5.94. The summed E-state index contributed by atoms with van der Waals surface area (Å²) in [5.41, 5.74) is -9.32. The number of hydrogen-bond acceptors (Lipinski definition) is 3. The molecule has 0 saturated carbocycles. The maximum absolute atomic E-state index is 15.0. The van der Waals surface area contributed by atoms with Gasteiger partial charge in [0.25, 0.3) is 0 Å². The molecule has 0 aliphatic rings. The lowest BCUT2D eigenvalue weighted by Gasteiger charge is -2.14. The summed E-state index contributed by atoms with van der Waals surface area (Å²) in [5, 5.41) is 0. The summed E-state index contributed by atoms with van der Waals surface area (Å²) in [5.74, 6) is -35.5. The lowest BCUT2D eigenvalue weighted by Crippen LogP contribution is -2.05. The molecular weight excluding hydrogens is 723 g/mol. The van der Waals surface area contributed by atoms with Gasteiger partial charge in [0.2, 0.25) is 17.5 Å². The molecule has 0 aliphatic heterocycles. The molecular formula is C33H8F15N3. The summed E-state index contributed by atoms with van der Waals surface area (Å²) < 4.78 is 214. The van der Waals surface area contributed by atoms with Crippen molar-refractivity contribution in [3.63, 3.8) is 0 Å². The zero-order valence-corrected chi connectivity index (χ0v) is 24.1. The Balaban J connectivity index is 1.62. The van der Waals surface area contributed by atoms with Crippen LogP contribution in [0, 0.1) is 87.3 Å². The fourth-order valence-electron chi connectivity index (χ4n) is 4.96. The predicted octanol–water partition coefficient (Wildman–Crippen LogP) is 10.3. The number of pyridine rings is 3. The average molecular weight is 731 g/mol. The van der Waals surface area contributed by atoms with Crippen molar-refractivity contribution in [3.8, 4) is 56.2 Å². The number of halogens is 15. The first-order chi connectivity index (χ1) is 24.0. The number of rotatable bonds is 5. The summed E-state index contributed by atoms with van der Waals surface area (Å²) in [6.45, 7) is 0. The minimum atomic E-state index is -2.54. The van der Waals surface area contributed by atoms with Gasteiger partial charge in [-0.15, -0.1) is 0 Å². The second-order valence-corrected chi connectivity index (χ2v) is 10.3. The van der Waals surface area contributed by atoms with E-state index in [0.717, 1.165) is 24.5 Å². The van der Waals surface area contributed by atoms with Crippen molar-refractivity contribution in [1.29, 1.82) is 0 Å². The molecule has 6 rings (SSSR count). The molecule has 0 spiro atoms. The van der Waals surface area contributed by atoms with Gasteiger partial charge in [0, 0.05) is 12.4 Å². The normalized spacial score (nSPS) is 11.4. The fraction of sp³-hybridized carbons (Fsp3) is 0. The molecule has 0 N–H and O–H groups in total. The molecule has 0 saturated heterocycles. The van der Waals surface area contributed by atoms with Gasteiger partial charge < -0.3 is 0 Å². The third-order valence-corrected chi connectivity index (χ3v) is 7.37. The second-order valence-electron chi connectivity index (χ2n) is 10.3. The zero-order valence-electron chi connectivity index (χ0n) is 24.1. The van der Waals surface area contributed by atoms with Crippen LogP contribution in [0.3, 0.4) is 0 Å². The Morgan fingerprint density at radius 1 is 0.275 bits per heavy atom. The molecule has 3 aromatic heterocycles. The lowest BCUT2D eigenvalue weighted by atomic mass is 9.98. The standard InChI is InChI=1S/C33H8F15N3/c34-19-16(20(35)26(41)31(46)25(19)40)9-1-3-49-12(5-9)14-7-11(18-23(38)29(44)33(48)30(45)24(18)39)8-15(51-14)13-6-10(2-4-50-13)17-21(36)27(42)32(47)28(43)22(17)37/h1-8H. The SMILES string of the molecule is Fc1c(F)c(F)c(-c2ccnc(-c3cc(-c4c(F)c(F)c(F)c(F)c4F)cc(-c4cc(-c5c(F)c(F)c(F)c(F)c5F)ccn4)n3)c2)c(F)c1F. The van der Waals surface area contributed by atoms with E-state index in [0.29, 0.717) is 24.3 Å². The largest absolute Gasteiger partial charge is 0.255 e. The molecule has 0 aliphatic carbocycles. The molecule has 260 valence electrons. The van der Waals surface area contributed by atoms with Crippen LogP contribution in [0.25, 0.3) is 56.2 Å². The lowest BCUT2D eigenvalue weighted by molar-refractivity contribution is 0.381. The van der Waals surface area contributed by atoms with Gasteiger partial charge >= 0.3 is 0 Å². The topological polar surface area (TPSA) is 38.7 Å². The highest BCUT2D eigenvalue weighted by Crippen LogP contribution is 2.38. The summed E-state index contributed by atoms with van der Waals surface area (Å²) in [6, 6.07) is 4.19. The highest BCUT2D eigenvalue weighted by Gasteiger charge is 2.30. The molecule has 3 aromatic carbocycles. The Morgan fingerprint density at radius 3 is 0.804 bits per heavy atom. The van der Waals surface area contributed by atoms with Gasteiger partial charge in [-0.3, -0.25) is 9.97 Å². The second kappa shape index (κ2) is 12.7. The van der Waals surface area contributed by atoms with Gasteiger partial charge in [-0.25, -0.2) is 70.8 Å². The van der Waals surface area contributed by atoms with E-state index < -0.39 is 143 Å². The zero-order chi connectivity index (χ0) is 37.2. The van der Waals surface area contributed by atoms with Gasteiger partial charge in [0.15, 0.2) is 69.8 Å². The van der Waals surface area contributed by atoms with Crippen molar-refractivity contribution < 1.29 is 65.9 Å². The first kappa shape index (κ1) is 34.9. The van der Waals surface area contributed by atoms with Crippen LogP contribution in [-0.4, -0.2) is 15.0 Å². The van der Waals surface area contributed by atoms with E-state index in [1.807, 2.05) is 0 Å². The molecule has 0 unspecified atom stereocenters. The van der Waals surface area contributed by atoms with Crippen molar-refractivity contribution in [2.24, 2.45) is 0 Å². The molecule has 0 fully saturated rings. The van der Waals surface area contributed by atoms with Gasteiger partial charge in [-0.1, -0.05) is 0 Å². The van der Waals surface area contributed by atoms with E-state index in [2.05, 4.69) is 15.0 Å². The quantitative estimate of drug-likeness (QED) is 0.101. The molecule has 6 aromatic rings. The molecule has 51 heavy (non-hydrogen) atoms. The molecule has 0 radical (unpaired) electrons. The smallest absolute Gasteiger partial charge is 0.200 e. The van der Waals surface area contributed by atoms with Crippen LogP contribution in [0.5, 0.6) is 0 Å². The van der Waals surface area contributed by atoms with Crippen LogP contribution in [0.2, 0.25) is 0 Å². The summed E-state index contributed by atoms with van der Waals surface area (Å²) in [7, 11) is 0. The number of hydrogen-bond donors (Lipinski definition) is 0. The maximum Gasteiger partial charge on any atom is 0.200 e. The third-order valence-electron chi connectivity index (χ3n) is 7.37. The average Bonchev–Trinajstić information content (AvgIpc) is 3.13. The number of nitrogens with zero attached hydrogens (tertiary/aromatic N) is 3. The minimum Gasteiger partial charge on any atom is -0.255 e. The summed E-state index contributed by atoms with van der Waals surface area (Å²) in [4.78, 5) is 11.7. The van der Waals surface area contributed by atoms with Crippen LogP contribution >= 0.6 is 0 Å². The Labute approximate surface area is 273 Å². The van der Waals surface area contributed by atoms with E-state index in [1.54, 1.807) is 0 Å². The van der Waals surface area contributed by atoms with Crippen LogP contribution < -0.4 is 0 Å². The van der Waals surface area contributed by atoms with Gasteiger partial charge in [0.1, 0.15) is 0 Å². The van der Waals surface area contributed by atoms with Crippen LogP contribution in [0.1, 0.15) is 0 Å². The van der Waals surface area contributed by atoms with Crippen molar-refractivity contribution in [1.82, 2.24) is 15.0 Å². The molecule has 3 heterocycles. The maximum atomic E-state index is 15.0. The van der Waals surface area contributed by atoms with Crippen LogP contribution in [0.4, 0.5) is 65.9 Å². The minimum absolute atomic E-state index is 0.584. The van der Waals surface area contributed by atoms with Gasteiger partial charge in [0.05, 0.1) is 39.5 Å². The van der Waals surface area contributed by atoms with Crippen LogP contribution in [-0.2, 0) is 0 Å². The molecule has 0 amide bonds. The highest BCUT2D eigenvalue weighted by molar-refractivity contribution is 5.79. The third kappa shape index (κ3) is 5.59. The Morgan fingerprint density at radius 2 is 0.510 bits per heavy atom. The van der Waals surface area contributed by atoms with E-state index in [4.69, 9.17) is 0 Å². The molecule has 3 nitrogen and oxygen atoms in total. The summed E-state index contributed by atoms with van der Waals surface area (Å²) >= 11 is 0. The van der Waals surface area contributed by atoms with Gasteiger partial charge in [-0.05, 0) is 53.1 Å². The van der Waals surface area contributed by atoms with E-state index in [9.17, 15) is 65.9 Å². The Kier molecular flexibility index (Phi) is 8.72. The monoisotopic (exact) mass is 731 g/mol. The fourth-order valence-corrected chi connectivity index (χ4v) is 4.96. The predicted molar refractivity (Wildman–Crippen MR) is 146 cm³/mol. The van der Waals surface area contributed by atoms with Crippen molar-refractivity contribution in [2.45, 2.75) is 0 Å². The van der Waals surface area contributed by atoms with E-state index >= 15 is 0 Å². The molecule has 18 heteroatoms. The molecule has 0 atom stereocenters. The van der Waals surface area contributed by atoms with Crippen molar-refractivity contribution in [2.75, 3.05) is 0 Å². The first-order valence-electron chi connectivity index (χ1n) is 13.5. The Bertz CT molecular complexity index is 2230. The van der Waals surface area contributed by atoms with Gasteiger partial charge in [-0.2, -0.15) is 0 Å². The number of aromatic nitrogens is 3.